The summed E-state index contributed by atoms with van der Waals surface area (Å²) in [5, 5.41) is 0. The van der Waals surface area contributed by atoms with Gasteiger partial charge in [0.05, 0.1) is 41.7 Å². The van der Waals surface area contributed by atoms with Crippen molar-refractivity contribution in [3.8, 4) is 45.6 Å². The molecule has 30 heavy (non-hydrogen) atoms. The van der Waals surface area contributed by atoms with Crippen LogP contribution in [0.2, 0.25) is 0 Å². The molecule has 1 atom stereocenters. The van der Waals surface area contributed by atoms with E-state index < -0.39 is 0 Å². The van der Waals surface area contributed by atoms with Gasteiger partial charge in [-0.3, -0.25) is 0 Å². The maximum atomic E-state index is 5.87. The zero-order chi connectivity index (χ0) is 21.5. The fourth-order valence-corrected chi connectivity index (χ4v) is 2.95. The molecule has 0 bridgehead atoms. The molecular formula is C22H28O8. The van der Waals surface area contributed by atoms with Crippen molar-refractivity contribution in [2.75, 3.05) is 62.0 Å². The summed E-state index contributed by atoms with van der Waals surface area (Å²) >= 11 is 0. The van der Waals surface area contributed by atoms with Crippen molar-refractivity contribution in [2.45, 2.75) is 6.10 Å². The van der Waals surface area contributed by atoms with E-state index in [1.54, 1.807) is 35.5 Å². The number of epoxide rings is 1. The SMILES string of the molecule is COCCOc1c(OC)cc(-c2cc(OC)c(OCC3CO3)c(OC)c2)cc1OC. The van der Waals surface area contributed by atoms with E-state index in [4.69, 9.17) is 37.9 Å². The van der Waals surface area contributed by atoms with Crippen LogP contribution in [0.3, 0.4) is 0 Å². The van der Waals surface area contributed by atoms with Gasteiger partial charge in [-0.2, -0.15) is 0 Å². The zero-order valence-corrected chi connectivity index (χ0v) is 18.0. The Kier molecular flexibility index (Phi) is 7.48. The van der Waals surface area contributed by atoms with Crippen molar-refractivity contribution in [3.05, 3.63) is 24.3 Å². The molecule has 0 aromatic heterocycles. The minimum absolute atomic E-state index is 0.123. The Morgan fingerprint density at radius 3 is 1.50 bits per heavy atom. The molecule has 1 aliphatic heterocycles. The second-order valence-corrected chi connectivity index (χ2v) is 6.53. The normalized spacial score (nSPS) is 14.8. The van der Waals surface area contributed by atoms with Gasteiger partial charge in [-0.15, -0.1) is 0 Å². The van der Waals surface area contributed by atoms with Gasteiger partial charge < -0.3 is 37.9 Å². The monoisotopic (exact) mass is 420 g/mol. The van der Waals surface area contributed by atoms with Crippen molar-refractivity contribution in [1.29, 1.82) is 0 Å². The van der Waals surface area contributed by atoms with Crippen LogP contribution < -0.4 is 28.4 Å². The van der Waals surface area contributed by atoms with Crippen molar-refractivity contribution < 1.29 is 37.9 Å². The first kappa shape index (κ1) is 21.9. The van der Waals surface area contributed by atoms with Crippen LogP contribution in [0.15, 0.2) is 24.3 Å². The molecule has 1 aliphatic rings. The van der Waals surface area contributed by atoms with Crippen LogP contribution in [0.4, 0.5) is 0 Å². The molecule has 2 aromatic carbocycles. The smallest absolute Gasteiger partial charge is 0.203 e. The molecule has 3 rings (SSSR count). The minimum Gasteiger partial charge on any atom is -0.493 e. The molecule has 0 saturated carbocycles. The maximum absolute atomic E-state index is 5.87. The number of ether oxygens (including phenoxy) is 8. The Balaban J connectivity index is 1.98. The van der Waals surface area contributed by atoms with Crippen molar-refractivity contribution in [2.24, 2.45) is 0 Å². The molecular weight excluding hydrogens is 392 g/mol. The molecule has 1 saturated heterocycles. The minimum atomic E-state index is 0.123. The van der Waals surface area contributed by atoms with Crippen LogP contribution in [0, 0.1) is 0 Å². The van der Waals surface area contributed by atoms with E-state index in [0.29, 0.717) is 60.9 Å². The summed E-state index contributed by atoms with van der Waals surface area (Å²) in [4.78, 5) is 0. The zero-order valence-electron chi connectivity index (χ0n) is 18.0. The first-order chi connectivity index (χ1) is 14.6. The van der Waals surface area contributed by atoms with Crippen LogP contribution in [0.5, 0.6) is 34.5 Å². The predicted octanol–water partition coefficient (Wildman–Crippen LogP) is 3.19. The first-order valence-electron chi connectivity index (χ1n) is 9.53. The average molecular weight is 420 g/mol. The Labute approximate surface area is 176 Å². The van der Waals surface area contributed by atoms with Crippen LogP contribution in [0.25, 0.3) is 11.1 Å². The lowest BCUT2D eigenvalue weighted by atomic mass is 10.0. The molecule has 2 aromatic rings. The van der Waals surface area contributed by atoms with E-state index in [9.17, 15) is 0 Å². The van der Waals surface area contributed by atoms with Gasteiger partial charge in [-0.25, -0.2) is 0 Å². The summed E-state index contributed by atoms with van der Waals surface area (Å²) in [6.07, 6.45) is 0.123. The standard InChI is InChI=1S/C22H28O8/c1-23-6-7-28-21-17(24-2)8-14(9-18(21)25-3)15-10-19(26-4)22(20(11-15)27-5)30-13-16-12-29-16/h8-11,16H,6-7,12-13H2,1-5H3. The third-order valence-electron chi connectivity index (χ3n) is 4.60. The third kappa shape index (κ3) is 5.01. The van der Waals surface area contributed by atoms with E-state index in [1.165, 1.54) is 0 Å². The second-order valence-electron chi connectivity index (χ2n) is 6.53. The van der Waals surface area contributed by atoms with Crippen molar-refractivity contribution in [1.82, 2.24) is 0 Å². The quantitative estimate of drug-likeness (QED) is 0.383. The molecule has 164 valence electrons. The second kappa shape index (κ2) is 10.3. The lowest BCUT2D eigenvalue weighted by Crippen LogP contribution is -2.07. The maximum Gasteiger partial charge on any atom is 0.203 e. The summed E-state index contributed by atoms with van der Waals surface area (Å²) in [5.74, 6) is 3.27. The van der Waals surface area contributed by atoms with Gasteiger partial charge in [0.2, 0.25) is 11.5 Å². The molecule has 1 heterocycles. The average Bonchev–Trinajstić information content (AvgIpc) is 3.61. The van der Waals surface area contributed by atoms with Gasteiger partial charge in [-0.05, 0) is 35.4 Å². The molecule has 1 unspecified atom stereocenters. The van der Waals surface area contributed by atoms with E-state index in [2.05, 4.69) is 0 Å². The summed E-state index contributed by atoms with van der Waals surface area (Å²) in [6.45, 7) is 1.99. The number of rotatable bonds is 12. The number of hydrogen-bond donors (Lipinski definition) is 0. The van der Waals surface area contributed by atoms with Crippen LogP contribution >= 0.6 is 0 Å². The Hall–Kier alpha value is -2.84. The molecule has 0 spiro atoms. The highest BCUT2D eigenvalue weighted by atomic mass is 16.6. The van der Waals surface area contributed by atoms with Crippen LogP contribution in [-0.2, 0) is 9.47 Å². The Bertz CT molecular complexity index is 797. The van der Waals surface area contributed by atoms with E-state index in [-0.39, 0.29) is 6.10 Å². The summed E-state index contributed by atoms with van der Waals surface area (Å²) in [7, 11) is 7.96. The molecule has 0 aliphatic carbocycles. The van der Waals surface area contributed by atoms with E-state index in [1.807, 2.05) is 24.3 Å². The molecule has 1 fully saturated rings. The number of benzene rings is 2. The molecule has 0 amide bonds. The van der Waals surface area contributed by atoms with Crippen molar-refractivity contribution >= 4 is 0 Å². The predicted molar refractivity (Wildman–Crippen MR) is 111 cm³/mol. The number of hydrogen-bond acceptors (Lipinski definition) is 8. The van der Waals surface area contributed by atoms with Gasteiger partial charge in [0.1, 0.15) is 19.3 Å². The van der Waals surface area contributed by atoms with E-state index in [0.717, 1.165) is 11.1 Å². The Morgan fingerprint density at radius 1 is 0.700 bits per heavy atom. The number of methoxy groups -OCH3 is 5. The van der Waals surface area contributed by atoms with E-state index >= 15 is 0 Å². The molecule has 8 nitrogen and oxygen atoms in total. The van der Waals surface area contributed by atoms with Crippen molar-refractivity contribution in [3.63, 3.8) is 0 Å². The van der Waals surface area contributed by atoms with Gasteiger partial charge in [0.25, 0.3) is 0 Å². The molecule has 8 heteroatoms. The van der Waals surface area contributed by atoms with Crippen LogP contribution in [0.1, 0.15) is 0 Å². The molecule has 0 radical (unpaired) electrons. The summed E-state index contributed by atoms with van der Waals surface area (Å²) < 4.78 is 44.1. The lowest BCUT2D eigenvalue weighted by Gasteiger charge is -2.18. The summed E-state index contributed by atoms with van der Waals surface area (Å²) in [5.41, 5.74) is 1.69. The first-order valence-corrected chi connectivity index (χ1v) is 9.53. The third-order valence-corrected chi connectivity index (χ3v) is 4.60. The Morgan fingerprint density at radius 2 is 1.13 bits per heavy atom. The largest absolute Gasteiger partial charge is 0.493 e. The highest BCUT2D eigenvalue weighted by Crippen LogP contribution is 2.45. The van der Waals surface area contributed by atoms with Gasteiger partial charge in [0.15, 0.2) is 23.0 Å². The molecule has 0 N–H and O–H groups in total. The van der Waals surface area contributed by atoms with Gasteiger partial charge >= 0.3 is 0 Å². The lowest BCUT2D eigenvalue weighted by molar-refractivity contribution is 0.142. The fourth-order valence-electron chi connectivity index (χ4n) is 2.95. The highest BCUT2D eigenvalue weighted by molar-refractivity contribution is 5.75. The van der Waals surface area contributed by atoms with Gasteiger partial charge in [-0.1, -0.05) is 0 Å². The topological polar surface area (TPSA) is 77.1 Å². The summed E-state index contributed by atoms with van der Waals surface area (Å²) in [6, 6.07) is 7.51. The highest BCUT2D eigenvalue weighted by Gasteiger charge is 2.25. The fraction of sp³-hybridized carbons (Fsp3) is 0.455. The van der Waals surface area contributed by atoms with Crippen LogP contribution in [-0.4, -0.2) is 68.1 Å². The van der Waals surface area contributed by atoms with Gasteiger partial charge in [0, 0.05) is 7.11 Å².